The van der Waals surface area contributed by atoms with Crippen LogP contribution >= 0.6 is 11.6 Å². The second-order valence-corrected chi connectivity index (χ2v) is 5.14. The molecule has 0 saturated heterocycles. The number of amides is 1. The van der Waals surface area contributed by atoms with Gasteiger partial charge in [0.1, 0.15) is 5.75 Å². The topological polar surface area (TPSA) is 64.6 Å². The molecule has 2 aromatic rings. The van der Waals surface area contributed by atoms with Crippen LogP contribution in [0.3, 0.4) is 0 Å². The van der Waals surface area contributed by atoms with Crippen LogP contribution in [0.1, 0.15) is 5.56 Å². The molecule has 2 aromatic carbocycles. The number of hydrogen-bond donors (Lipinski definition) is 1. The summed E-state index contributed by atoms with van der Waals surface area (Å²) in [6.45, 7) is -0.361. The number of ether oxygens (including phenoxy) is 2. The van der Waals surface area contributed by atoms with E-state index in [1.165, 1.54) is 7.11 Å². The Balaban J connectivity index is 1.83. The van der Waals surface area contributed by atoms with E-state index in [0.29, 0.717) is 22.0 Å². The minimum Gasteiger partial charge on any atom is -0.496 e. The number of carbonyl (C=O) groups excluding carboxylic acids is 2. The summed E-state index contributed by atoms with van der Waals surface area (Å²) in [5, 5.41) is 3.11. The lowest BCUT2D eigenvalue weighted by Gasteiger charge is -2.09. The van der Waals surface area contributed by atoms with Gasteiger partial charge in [-0.25, -0.2) is 0 Å². The number of methoxy groups -OCH3 is 1. The summed E-state index contributed by atoms with van der Waals surface area (Å²) >= 11 is 5.83. The lowest BCUT2D eigenvalue weighted by Crippen LogP contribution is -2.21. The number of hydrogen-bond acceptors (Lipinski definition) is 4. The molecule has 2 rings (SSSR count). The highest BCUT2D eigenvalue weighted by molar-refractivity contribution is 6.30. The van der Waals surface area contributed by atoms with Gasteiger partial charge in [-0.2, -0.15) is 0 Å². The number of nitrogens with one attached hydrogen (secondary N) is 1. The average molecular weight is 334 g/mol. The third-order valence-corrected chi connectivity index (χ3v) is 3.24. The van der Waals surface area contributed by atoms with Gasteiger partial charge in [0.05, 0.1) is 13.5 Å². The van der Waals surface area contributed by atoms with Gasteiger partial charge < -0.3 is 14.8 Å². The Hall–Kier alpha value is -2.53. The van der Waals surface area contributed by atoms with Crippen LogP contribution in [0.25, 0.3) is 0 Å². The van der Waals surface area contributed by atoms with Crippen molar-refractivity contribution in [2.45, 2.75) is 6.42 Å². The van der Waals surface area contributed by atoms with Crippen molar-refractivity contribution in [3.63, 3.8) is 0 Å². The Labute approximate surface area is 139 Å². The van der Waals surface area contributed by atoms with Gasteiger partial charge in [-0.3, -0.25) is 9.59 Å². The van der Waals surface area contributed by atoms with E-state index in [0.717, 1.165) is 0 Å². The predicted molar refractivity (Wildman–Crippen MR) is 87.7 cm³/mol. The Bertz CT molecular complexity index is 702. The van der Waals surface area contributed by atoms with Crippen LogP contribution in [0.4, 0.5) is 5.69 Å². The first-order chi connectivity index (χ1) is 11.1. The summed E-state index contributed by atoms with van der Waals surface area (Å²) < 4.78 is 10.1. The molecule has 0 heterocycles. The lowest BCUT2D eigenvalue weighted by atomic mass is 10.1. The van der Waals surface area contributed by atoms with E-state index >= 15 is 0 Å². The van der Waals surface area contributed by atoms with E-state index in [2.05, 4.69) is 5.32 Å². The minimum absolute atomic E-state index is 0.0362. The van der Waals surface area contributed by atoms with Crippen LogP contribution in [-0.4, -0.2) is 25.6 Å². The van der Waals surface area contributed by atoms with Crippen molar-refractivity contribution >= 4 is 29.2 Å². The summed E-state index contributed by atoms with van der Waals surface area (Å²) in [5.74, 6) is -0.329. The fourth-order valence-electron chi connectivity index (χ4n) is 1.96. The molecule has 0 unspecified atom stereocenters. The Morgan fingerprint density at radius 3 is 2.65 bits per heavy atom. The number of carbonyl (C=O) groups is 2. The van der Waals surface area contributed by atoms with Gasteiger partial charge in [-0.1, -0.05) is 35.9 Å². The molecule has 0 fully saturated rings. The second-order valence-electron chi connectivity index (χ2n) is 4.71. The molecule has 0 aromatic heterocycles. The number of esters is 1. The average Bonchev–Trinajstić information content (AvgIpc) is 2.53. The molecule has 0 aliphatic heterocycles. The number of para-hydroxylation sites is 1. The summed E-state index contributed by atoms with van der Waals surface area (Å²) in [6.07, 6.45) is 0.0362. The Morgan fingerprint density at radius 1 is 1.13 bits per heavy atom. The molecule has 0 bridgehead atoms. The third kappa shape index (κ3) is 5.30. The van der Waals surface area contributed by atoms with Crippen LogP contribution in [0.5, 0.6) is 5.75 Å². The standard InChI is InChI=1S/C17H16ClNO4/c1-22-15-8-3-2-5-12(15)9-17(21)23-11-16(20)19-14-7-4-6-13(18)10-14/h2-8,10H,9,11H2,1H3,(H,19,20). The van der Waals surface area contributed by atoms with Crippen LogP contribution < -0.4 is 10.1 Å². The normalized spacial score (nSPS) is 10.0. The summed E-state index contributed by atoms with van der Waals surface area (Å²) in [6, 6.07) is 13.9. The van der Waals surface area contributed by atoms with E-state index in [4.69, 9.17) is 21.1 Å². The van der Waals surface area contributed by atoms with E-state index in [1.54, 1.807) is 42.5 Å². The van der Waals surface area contributed by atoms with E-state index in [-0.39, 0.29) is 13.0 Å². The number of anilines is 1. The zero-order valence-corrected chi connectivity index (χ0v) is 13.3. The predicted octanol–water partition coefficient (Wildman–Crippen LogP) is 3.07. The number of halogens is 1. The summed E-state index contributed by atoms with van der Waals surface area (Å²) in [7, 11) is 1.53. The Kier molecular flexibility index (Phi) is 6.00. The maximum absolute atomic E-state index is 11.8. The van der Waals surface area contributed by atoms with Crippen molar-refractivity contribution in [1.29, 1.82) is 0 Å². The van der Waals surface area contributed by atoms with E-state index < -0.39 is 11.9 Å². The number of benzene rings is 2. The molecule has 1 N–H and O–H groups in total. The highest BCUT2D eigenvalue weighted by Gasteiger charge is 2.11. The molecule has 5 nitrogen and oxygen atoms in total. The second kappa shape index (κ2) is 8.19. The fourth-order valence-corrected chi connectivity index (χ4v) is 2.16. The molecule has 0 aliphatic rings. The maximum atomic E-state index is 11.8. The van der Waals surface area contributed by atoms with Gasteiger partial charge in [-0.05, 0) is 24.3 Å². The third-order valence-electron chi connectivity index (χ3n) is 3.00. The van der Waals surface area contributed by atoms with Crippen molar-refractivity contribution < 1.29 is 19.1 Å². The maximum Gasteiger partial charge on any atom is 0.310 e. The Morgan fingerprint density at radius 2 is 1.91 bits per heavy atom. The summed E-state index contributed by atoms with van der Waals surface area (Å²) in [5.41, 5.74) is 1.25. The van der Waals surface area contributed by atoms with Crippen LogP contribution in [0, 0.1) is 0 Å². The fraction of sp³-hybridized carbons (Fsp3) is 0.176. The molecule has 0 radical (unpaired) electrons. The van der Waals surface area contributed by atoms with Gasteiger partial charge in [-0.15, -0.1) is 0 Å². The largest absolute Gasteiger partial charge is 0.496 e. The molecule has 23 heavy (non-hydrogen) atoms. The van der Waals surface area contributed by atoms with Gasteiger partial charge in [0, 0.05) is 16.3 Å². The van der Waals surface area contributed by atoms with Crippen molar-refractivity contribution in [3.05, 3.63) is 59.1 Å². The first kappa shape index (κ1) is 16.8. The molecule has 1 amide bonds. The van der Waals surface area contributed by atoms with Crippen LogP contribution in [0.2, 0.25) is 5.02 Å². The van der Waals surface area contributed by atoms with Crippen LogP contribution in [-0.2, 0) is 20.7 Å². The highest BCUT2D eigenvalue weighted by atomic mass is 35.5. The van der Waals surface area contributed by atoms with Crippen molar-refractivity contribution in [2.24, 2.45) is 0 Å². The first-order valence-electron chi connectivity index (χ1n) is 6.91. The van der Waals surface area contributed by atoms with E-state index in [1.807, 2.05) is 6.07 Å². The van der Waals surface area contributed by atoms with E-state index in [9.17, 15) is 9.59 Å². The summed E-state index contributed by atoms with van der Waals surface area (Å²) in [4.78, 5) is 23.6. The zero-order chi connectivity index (χ0) is 16.7. The first-order valence-corrected chi connectivity index (χ1v) is 7.29. The van der Waals surface area contributed by atoms with Crippen LogP contribution in [0.15, 0.2) is 48.5 Å². The molecule has 0 spiro atoms. The SMILES string of the molecule is COc1ccccc1CC(=O)OCC(=O)Nc1cccc(Cl)c1. The molecule has 6 heteroatoms. The number of rotatable bonds is 6. The minimum atomic E-state index is -0.504. The highest BCUT2D eigenvalue weighted by Crippen LogP contribution is 2.18. The van der Waals surface area contributed by atoms with Gasteiger partial charge in [0.2, 0.25) is 0 Å². The molecule has 0 atom stereocenters. The van der Waals surface area contributed by atoms with Crippen molar-refractivity contribution in [3.8, 4) is 5.75 Å². The molecule has 120 valence electrons. The van der Waals surface area contributed by atoms with Gasteiger partial charge in [0.25, 0.3) is 5.91 Å². The monoisotopic (exact) mass is 333 g/mol. The zero-order valence-electron chi connectivity index (χ0n) is 12.5. The van der Waals surface area contributed by atoms with Gasteiger partial charge >= 0.3 is 5.97 Å². The molecule has 0 saturated carbocycles. The quantitative estimate of drug-likeness (QED) is 0.825. The van der Waals surface area contributed by atoms with Crippen molar-refractivity contribution in [2.75, 3.05) is 19.0 Å². The lowest BCUT2D eigenvalue weighted by molar-refractivity contribution is -0.146. The van der Waals surface area contributed by atoms with Gasteiger partial charge in [0.15, 0.2) is 6.61 Å². The van der Waals surface area contributed by atoms with Crippen molar-refractivity contribution in [1.82, 2.24) is 0 Å². The molecular formula is C17H16ClNO4. The smallest absolute Gasteiger partial charge is 0.310 e. The molecular weight excluding hydrogens is 318 g/mol. The molecule has 0 aliphatic carbocycles.